The van der Waals surface area contributed by atoms with Gasteiger partial charge in [0.25, 0.3) is 5.91 Å². The molecule has 1 amide bonds. The van der Waals surface area contributed by atoms with Gasteiger partial charge < -0.3 is 5.32 Å². The van der Waals surface area contributed by atoms with Crippen LogP contribution < -0.4 is 10.4 Å². The second-order valence-corrected chi connectivity index (χ2v) is 7.39. The number of rotatable bonds is 2. The molecule has 0 aliphatic carbocycles. The number of hydroxylamine groups is 1. The van der Waals surface area contributed by atoms with Crippen molar-refractivity contribution < 1.29 is 9.63 Å². The minimum absolute atomic E-state index is 0.00753. The molecule has 2 saturated heterocycles. The lowest BCUT2D eigenvalue weighted by atomic mass is 9.86. The van der Waals surface area contributed by atoms with Gasteiger partial charge in [-0.1, -0.05) is 48.5 Å². The first-order valence-corrected chi connectivity index (χ1v) is 8.40. The normalized spacial score (nSPS) is 28.3. The third kappa shape index (κ3) is 2.47. The van der Waals surface area contributed by atoms with Crippen LogP contribution in [0.15, 0.2) is 60.7 Å². The van der Waals surface area contributed by atoms with Crippen LogP contribution in [0.3, 0.4) is 0 Å². The molecule has 2 aliphatic heterocycles. The van der Waals surface area contributed by atoms with Gasteiger partial charge in [-0.2, -0.15) is 0 Å². The Hall–Kier alpha value is -2.33. The van der Waals surface area contributed by atoms with Crippen molar-refractivity contribution in [2.75, 3.05) is 5.06 Å². The van der Waals surface area contributed by atoms with Gasteiger partial charge in [-0.3, -0.25) is 9.63 Å². The quantitative estimate of drug-likeness (QED) is 0.918. The molecule has 4 nitrogen and oxygen atoms in total. The van der Waals surface area contributed by atoms with Gasteiger partial charge in [0.1, 0.15) is 0 Å². The van der Waals surface area contributed by atoms with Crippen molar-refractivity contribution in [1.82, 2.24) is 5.32 Å². The Labute approximate surface area is 142 Å². The van der Waals surface area contributed by atoms with Crippen molar-refractivity contribution in [3.8, 4) is 0 Å². The molecule has 2 atom stereocenters. The summed E-state index contributed by atoms with van der Waals surface area (Å²) in [5.74, 6) is -0.00753. The van der Waals surface area contributed by atoms with Crippen LogP contribution in [0.2, 0.25) is 0 Å². The summed E-state index contributed by atoms with van der Waals surface area (Å²) >= 11 is 0. The van der Waals surface area contributed by atoms with E-state index in [-0.39, 0.29) is 17.5 Å². The third-order valence-electron chi connectivity index (χ3n) is 4.87. The molecule has 0 unspecified atom stereocenters. The van der Waals surface area contributed by atoms with Gasteiger partial charge in [0.2, 0.25) is 0 Å². The molecule has 0 radical (unpaired) electrons. The highest BCUT2D eigenvalue weighted by Crippen LogP contribution is 2.48. The van der Waals surface area contributed by atoms with Crippen LogP contribution >= 0.6 is 0 Å². The second kappa shape index (κ2) is 5.35. The molecule has 124 valence electrons. The molecular weight excluding hydrogens is 300 g/mol. The van der Waals surface area contributed by atoms with E-state index in [4.69, 9.17) is 4.84 Å². The average molecular weight is 322 g/mol. The number of carbonyl (C=O) groups is 1. The zero-order chi connectivity index (χ0) is 16.8. The van der Waals surface area contributed by atoms with E-state index < -0.39 is 5.60 Å². The van der Waals surface area contributed by atoms with Gasteiger partial charge in [0.15, 0.2) is 5.60 Å². The van der Waals surface area contributed by atoms with Crippen LogP contribution in [0.4, 0.5) is 5.69 Å². The number of para-hydroxylation sites is 1. The van der Waals surface area contributed by atoms with Gasteiger partial charge in [-0.15, -0.1) is 0 Å². The Bertz CT molecular complexity index is 695. The highest BCUT2D eigenvalue weighted by molar-refractivity contribution is 5.89. The first-order valence-electron chi connectivity index (χ1n) is 8.40. The van der Waals surface area contributed by atoms with Crippen LogP contribution in [0, 0.1) is 0 Å². The van der Waals surface area contributed by atoms with Crippen molar-refractivity contribution in [2.45, 2.75) is 43.9 Å². The summed E-state index contributed by atoms with van der Waals surface area (Å²) in [5.41, 5.74) is 1.10. The summed E-state index contributed by atoms with van der Waals surface area (Å²) in [7, 11) is 0. The van der Waals surface area contributed by atoms with E-state index in [1.54, 1.807) is 0 Å². The fourth-order valence-corrected chi connectivity index (χ4v) is 3.92. The summed E-state index contributed by atoms with van der Waals surface area (Å²) in [5, 5.41) is 4.99. The van der Waals surface area contributed by atoms with Gasteiger partial charge in [-0.05, 0) is 31.5 Å². The number of carbonyl (C=O) groups excluding carboxylic acids is 1. The lowest BCUT2D eigenvalue weighted by Gasteiger charge is -2.26. The van der Waals surface area contributed by atoms with Crippen LogP contribution in [0.1, 0.15) is 38.3 Å². The van der Waals surface area contributed by atoms with E-state index in [1.807, 2.05) is 67.4 Å². The van der Waals surface area contributed by atoms with Crippen molar-refractivity contribution in [1.29, 1.82) is 0 Å². The lowest BCUT2D eigenvalue weighted by molar-refractivity contribution is -0.137. The molecule has 4 rings (SSSR count). The minimum Gasteiger partial charge on any atom is -0.348 e. The molecule has 2 aliphatic rings. The molecule has 2 aromatic rings. The van der Waals surface area contributed by atoms with E-state index >= 15 is 0 Å². The number of amides is 1. The maximum Gasteiger partial charge on any atom is 0.255 e. The summed E-state index contributed by atoms with van der Waals surface area (Å²) in [4.78, 5) is 19.0. The maximum atomic E-state index is 12.7. The molecule has 4 heteroatoms. The van der Waals surface area contributed by atoms with E-state index in [2.05, 4.69) is 17.4 Å². The Kier molecular flexibility index (Phi) is 3.39. The SMILES string of the molecule is CC1(C)C[C@@]2(C[C@H](c3ccccc3)N(c3ccccc3)O2)C(=O)N1. The predicted molar refractivity (Wildman–Crippen MR) is 93.4 cm³/mol. The Morgan fingerprint density at radius 3 is 2.25 bits per heavy atom. The fraction of sp³-hybridized carbons (Fsp3) is 0.350. The largest absolute Gasteiger partial charge is 0.348 e. The monoisotopic (exact) mass is 322 g/mol. The summed E-state index contributed by atoms with van der Waals surface area (Å²) in [6.07, 6.45) is 1.33. The number of hydrogen-bond acceptors (Lipinski definition) is 3. The number of nitrogens with one attached hydrogen (secondary N) is 1. The fourth-order valence-electron chi connectivity index (χ4n) is 3.92. The molecule has 1 N–H and O–H groups in total. The Morgan fingerprint density at radius 2 is 1.67 bits per heavy atom. The molecule has 0 saturated carbocycles. The minimum atomic E-state index is -0.792. The average Bonchev–Trinajstić information content (AvgIpc) is 3.06. The molecule has 2 fully saturated rings. The van der Waals surface area contributed by atoms with Crippen LogP contribution in [-0.2, 0) is 9.63 Å². The Morgan fingerprint density at radius 1 is 1.04 bits per heavy atom. The molecule has 2 heterocycles. The zero-order valence-corrected chi connectivity index (χ0v) is 14.0. The zero-order valence-electron chi connectivity index (χ0n) is 14.0. The topological polar surface area (TPSA) is 41.6 Å². The van der Waals surface area contributed by atoms with E-state index in [1.165, 1.54) is 0 Å². The standard InChI is InChI=1S/C20H22N2O2/c1-19(2)14-20(18(23)21-19)13-17(15-9-5-3-6-10-15)22(24-20)16-11-7-4-8-12-16/h3-12,17H,13-14H2,1-2H3,(H,21,23)/t17-,20+/m1/s1. The second-order valence-electron chi connectivity index (χ2n) is 7.39. The summed E-state index contributed by atoms with van der Waals surface area (Å²) in [6, 6.07) is 20.3. The maximum absolute atomic E-state index is 12.7. The smallest absolute Gasteiger partial charge is 0.255 e. The van der Waals surface area contributed by atoms with Crippen LogP contribution in [0.25, 0.3) is 0 Å². The van der Waals surface area contributed by atoms with Crippen molar-refractivity contribution in [3.63, 3.8) is 0 Å². The number of hydrogen-bond donors (Lipinski definition) is 1. The Balaban J connectivity index is 1.75. The van der Waals surface area contributed by atoms with E-state index in [0.29, 0.717) is 12.8 Å². The van der Waals surface area contributed by atoms with Crippen LogP contribution in [0.5, 0.6) is 0 Å². The van der Waals surface area contributed by atoms with Gasteiger partial charge in [0, 0.05) is 18.4 Å². The molecule has 1 spiro atoms. The van der Waals surface area contributed by atoms with Crippen molar-refractivity contribution >= 4 is 11.6 Å². The highest BCUT2D eigenvalue weighted by Gasteiger charge is 2.58. The summed E-state index contributed by atoms with van der Waals surface area (Å²) in [6.45, 7) is 4.09. The molecular formula is C20H22N2O2. The highest BCUT2D eigenvalue weighted by atomic mass is 16.7. The molecule has 24 heavy (non-hydrogen) atoms. The van der Waals surface area contributed by atoms with E-state index in [0.717, 1.165) is 11.3 Å². The van der Waals surface area contributed by atoms with Crippen molar-refractivity contribution in [3.05, 3.63) is 66.2 Å². The lowest BCUT2D eigenvalue weighted by Crippen LogP contribution is -2.39. The van der Waals surface area contributed by atoms with Crippen molar-refractivity contribution in [2.24, 2.45) is 0 Å². The first kappa shape index (κ1) is 15.2. The number of anilines is 1. The first-order chi connectivity index (χ1) is 11.5. The molecule has 2 aromatic carbocycles. The predicted octanol–water partition coefficient (Wildman–Crippen LogP) is 3.61. The van der Waals surface area contributed by atoms with Crippen LogP contribution in [-0.4, -0.2) is 17.0 Å². The molecule has 0 bridgehead atoms. The van der Waals surface area contributed by atoms with Gasteiger partial charge >= 0.3 is 0 Å². The number of benzene rings is 2. The van der Waals surface area contributed by atoms with E-state index in [9.17, 15) is 4.79 Å². The molecule has 0 aromatic heterocycles. The van der Waals surface area contributed by atoms with Gasteiger partial charge in [-0.25, -0.2) is 5.06 Å². The summed E-state index contributed by atoms with van der Waals surface area (Å²) < 4.78 is 0. The van der Waals surface area contributed by atoms with Gasteiger partial charge in [0.05, 0.1) is 11.7 Å². The third-order valence-corrected chi connectivity index (χ3v) is 4.87. The number of nitrogens with zero attached hydrogens (tertiary/aromatic N) is 1.